The summed E-state index contributed by atoms with van der Waals surface area (Å²) < 4.78 is 7.14. The highest BCUT2D eigenvalue weighted by molar-refractivity contribution is 9.10. The third-order valence-corrected chi connectivity index (χ3v) is 3.99. The van der Waals surface area contributed by atoms with Gasteiger partial charge in [-0.05, 0) is 23.8 Å². The first-order valence-corrected chi connectivity index (χ1v) is 7.28. The normalized spacial score (nSPS) is 11.2. The Kier molecular flexibility index (Phi) is 2.64. The molecule has 0 aliphatic heterocycles. The van der Waals surface area contributed by atoms with Crippen LogP contribution in [0, 0.1) is 0 Å². The minimum absolute atomic E-state index is 0.929. The van der Waals surface area contributed by atoms with Crippen molar-refractivity contribution in [2.45, 2.75) is 0 Å². The summed E-state index contributed by atoms with van der Waals surface area (Å²) >= 11 is 3.61. The highest BCUT2D eigenvalue weighted by Gasteiger charge is 2.12. The van der Waals surface area contributed by atoms with Crippen molar-refractivity contribution in [1.29, 1.82) is 0 Å². The van der Waals surface area contributed by atoms with Crippen LogP contribution in [-0.2, 0) is 0 Å². The number of para-hydroxylation sites is 1. The Morgan fingerprint density at radius 1 is 0.750 bits per heavy atom. The molecule has 1 heterocycles. The molecule has 0 amide bonds. The molecule has 0 fully saturated rings. The zero-order valence-corrected chi connectivity index (χ0v) is 12.2. The third kappa shape index (κ3) is 1.76. The van der Waals surface area contributed by atoms with Crippen molar-refractivity contribution in [1.82, 2.24) is 0 Å². The van der Waals surface area contributed by atoms with Gasteiger partial charge in [0.05, 0.1) is 0 Å². The van der Waals surface area contributed by atoms with Crippen LogP contribution in [0.5, 0.6) is 0 Å². The molecule has 1 aromatic heterocycles. The quantitative estimate of drug-likeness (QED) is 0.418. The maximum Gasteiger partial charge on any atom is 0.143 e. The second-order valence-electron chi connectivity index (χ2n) is 4.79. The smallest absolute Gasteiger partial charge is 0.143 e. The minimum atomic E-state index is 0.929. The van der Waals surface area contributed by atoms with Crippen LogP contribution in [0.3, 0.4) is 0 Å². The van der Waals surface area contributed by atoms with Crippen LogP contribution in [0.15, 0.2) is 75.6 Å². The Labute approximate surface area is 125 Å². The molecular formula is C18H11BrO. The molecule has 1 nitrogen and oxygen atoms in total. The summed E-state index contributed by atoms with van der Waals surface area (Å²) in [4.78, 5) is 0. The highest BCUT2D eigenvalue weighted by atomic mass is 79.9. The maximum absolute atomic E-state index is 6.07. The van der Waals surface area contributed by atoms with Gasteiger partial charge >= 0.3 is 0 Å². The van der Waals surface area contributed by atoms with Crippen molar-refractivity contribution in [3.63, 3.8) is 0 Å². The summed E-state index contributed by atoms with van der Waals surface area (Å²) in [6.45, 7) is 0. The maximum atomic E-state index is 6.07. The molecular weight excluding hydrogens is 312 g/mol. The van der Waals surface area contributed by atoms with Gasteiger partial charge in [-0.15, -0.1) is 0 Å². The Bertz CT molecular complexity index is 907. The third-order valence-electron chi connectivity index (χ3n) is 3.53. The van der Waals surface area contributed by atoms with Gasteiger partial charge in [-0.3, -0.25) is 0 Å². The van der Waals surface area contributed by atoms with Crippen molar-refractivity contribution >= 4 is 37.9 Å². The van der Waals surface area contributed by atoms with Crippen molar-refractivity contribution in [2.75, 3.05) is 0 Å². The monoisotopic (exact) mass is 322 g/mol. The molecule has 0 atom stereocenters. The molecule has 0 spiro atoms. The summed E-state index contributed by atoms with van der Waals surface area (Å²) in [7, 11) is 0. The molecule has 0 saturated heterocycles. The predicted molar refractivity (Wildman–Crippen MR) is 86.9 cm³/mol. The van der Waals surface area contributed by atoms with E-state index in [-0.39, 0.29) is 0 Å². The summed E-state index contributed by atoms with van der Waals surface area (Å²) in [5, 5.41) is 2.30. The van der Waals surface area contributed by atoms with E-state index in [0.29, 0.717) is 0 Å². The molecule has 0 N–H and O–H groups in total. The van der Waals surface area contributed by atoms with Crippen LogP contribution in [0.4, 0.5) is 0 Å². The van der Waals surface area contributed by atoms with Crippen LogP contribution < -0.4 is 0 Å². The van der Waals surface area contributed by atoms with Gasteiger partial charge in [-0.1, -0.05) is 64.5 Å². The lowest BCUT2D eigenvalue weighted by Gasteiger charge is -2.03. The summed E-state index contributed by atoms with van der Waals surface area (Å²) in [6, 6.07) is 22.7. The Hall–Kier alpha value is -2.06. The molecule has 4 rings (SSSR count). The Balaban J connectivity index is 2.16. The largest absolute Gasteiger partial charge is 0.455 e. The zero-order chi connectivity index (χ0) is 13.5. The van der Waals surface area contributed by atoms with Gasteiger partial charge in [0.1, 0.15) is 11.2 Å². The number of fused-ring (bicyclic) bond motifs is 3. The van der Waals surface area contributed by atoms with Gasteiger partial charge in [0, 0.05) is 20.8 Å². The first-order chi connectivity index (χ1) is 9.83. The lowest BCUT2D eigenvalue weighted by Crippen LogP contribution is -1.79. The summed E-state index contributed by atoms with van der Waals surface area (Å²) in [5.41, 5.74) is 4.16. The van der Waals surface area contributed by atoms with E-state index < -0.39 is 0 Å². The summed E-state index contributed by atoms with van der Waals surface area (Å²) in [5.74, 6) is 0. The van der Waals surface area contributed by atoms with Gasteiger partial charge in [-0.2, -0.15) is 0 Å². The van der Waals surface area contributed by atoms with Crippen LogP contribution in [0.1, 0.15) is 0 Å². The van der Waals surface area contributed by atoms with Crippen molar-refractivity contribution in [3.05, 3.63) is 71.2 Å². The molecule has 2 heteroatoms. The number of rotatable bonds is 1. The Morgan fingerprint density at radius 2 is 1.50 bits per heavy atom. The van der Waals surface area contributed by atoms with Gasteiger partial charge < -0.3 is 4.42 Å². The molecule has 0 radical (unpaired) electrons. The van der Waals surface area contributed by atoms with Crippen molar-refractivity contribution in [3.8, 4) is 11.1 Å². The number of halogens is 1. The molecule has 0 aliphatic carbocycles. The highest BCUT2D eigenvalue weighted by Crippen LogP contribution is 2.37. The van der Waals surface area contributed by atoms with E-state index in [0.717, 1.165) is 37.5 Å². The standard InChI is InChI=1S/C18H11BrO/c19-13-10-15(12-6-2-1-3-7-12)18-16(11-13)14-8-4-5-9-17(14)20-18/h1-11H. The minimum Gasteiger partial charge on any atom is -0.455 e. The fourth-order valence-corrected chi connectivity index (χ4v) is 3.08. The van der Waals surface area contributed by atoms with E-state index in [2.05, 4.69) is 46.3 Å². The molecule has 0 aliphatic rings. The van der Waals surface area contributed by atoms with Crippen molar-refractivity contribution < 1.29 is 4.42 Å². The van der Waals surface area contributed by atoms with Crippen LogP contribution >= 0.6 is 15.9 Å². The van der Waals surface area contributed by atoms with Crippen LogP contribution in [-0.4, -0.2) is 0 Å². The molecule has 3 aromatic carbocycles. The first kappa shape index (κ1) is 11.7. The molecule has 20 heavy (non-hydrogen) atoms. The average molecular weight is 323 g/mol. The lowest BCUT2D eigenvalue weighted by molar-refractivity contribution is 0.670. The molecule has 96 valence electrons. The number of hydrogen-bond acceptors (Lipinski definition) is 1. The van der Waals surface area contributed by atoms with Crippen molar-refractivity contribution in [2.24, 2.45) is 0 Å². The first-order valence-electron chi connectivity index (χ1n) is 6.49. The fourth-order valence-electron chi connectivity index (χ4n) is 2.62. The molecule has 0 unspecified atom stereocenters. The second kappa shape index (κ2) is 4.50. The number of hydrogen-bond donors (Lipinski definition) is 0. The van der Waals surface area contributed by atoms with E-state index in [4.69, 9.17) is 4.42 Å². The zero-order valence-electron chi connectivity index (χ0n) is 10.6. The second-order valence-corrected chi connectivity index (χ2v) is 5.71. The number of benzene rings is 3. The Morgan fingerprint density at radius 3 is 2.35 bits per heavy atom. The summed E-state index contributed by atoms with van der Waals surface area (Å²) in [6.07, 6.45) is 0. The van der Waals surface area contributed by atoms with Gasteiger partial charge in [0.2, 0.25) is 0 Å². The lowest BCUT2D eigenvalue weighted by atomic mass is 10.0. The van der Waals surface area contributed by atoms with Gasteiger partial charge in [0.25, 0.3) is 0 Å². The fraction of sp³-hybridized carbons (Fsp3) is 0. The van der Waals surface area contributed by atoms with E-state index in [1.54, 1.807) is 0 Å². The molecule has 4 aromatic rings. The predicted octanol–water partition coefficient (Wildman–Crippen LogP) is 6.02. The van der Waals surface area contributed by atoms with E-state index in [9.17, 15) is 0 Å². The average Bonchev–Trinajstić information content (AvgIpc) is 2.86. The molecule has 0 saturated carbocycles. The molecule has 0 bridgehead atoms. The topological polar surface area (TPSA) is 13.1 Å². The van der Waals surface area contributed by atoms with Crippen LogP contribution in [0.2, 0.25) is 0 Å². The van der Waals surface area contributed by atoms with Crippen LogP contribution in [0.25, 0.3) is 33.1 Å². The van der Waals surface area contributed by atoms with Gasteiger partial charge in [0.15, 0.2) is 0 Å². The van der Waals surface area contributed by atoms with Gasteiger partial charge in [-0.25, -0.2) is 0 Å². The van der Waals surface area contributed by atoms with E-state index >= 15 is 0 Å². The van der Waals surface area contributed by atoms with E-state index in [1.807, 2.05) is 36.4 Å². The SMILES string of the molecule is Brc1cc(-c2ccccc2)c2oc3ccccc3c2c1. The number of furan rings is 1. The van der Waals surface area contributed by atoms with E-state index in [1.165, 1.54) is 0 Å².